The summed E-state index contributed by atoms with van der Waals surface area (Å²) in [4.78, 5) is 11.8. The number of carbonyl (C=O) groups is 1. The fourth-order valence-corrected chi connectivity index (χ4v) is 1.63. The lowest BCUT2D eigenvalue weighted by molar-refractivity contribution is -0.142. The second kappa shape index (κ2) is 5.77. The number of para-hydroxylation sites is 1. The Hall–Kier alpha value is -1.43. The third kappa shape index (κ3) is 3.03. The molecule has 0 aliphatic carbocycles. The highest BCUT2D eigenvalue weighted by Crippen LogP contribution is 2.15. The largest absolute Gasteiger partial charge is 0.392 e. The van der Waals surface area contributed by atoms with Gasteiger partial charge in [0.25, 0.3) is 5.91 Å². The SMILES string of the molecule is O=C(Nc1ccccc1CO)C1COCCO1. The first kappa shape index (κ1) is 12.0. The molecule has 0 aromatic heterocycles. The molecule has 1 aromatic carbocycles. The minimum absolute atomic E-state index is 0.113. The van der Waals surface area contributed by atoms with Crippen molar-refractivity contribution in [2.24, 2.45) is 0 Å². The number of aliphatic hydroxyl groups excluding tert-OH is 1. The number of carbonyl (C=O) groups excluding carboxylic acids is 1. The molecule has 0 spiro atoms. The second-order valence-electron chi connectivity index (χ2n) is 3.74. The van der Waals surface area contributed by atoms with Crippen LogP contribution in [0.4, 0.5) is 5.69 Å². The zero-order valence-electron chi connectivity index (χ0n) is 9.39. The molecule has 1 aliphatic heterocycles. The number of ether oxygens (including phenoxy) is 2. The van der Waals surface area contributed by atoms with Crippen LogP contribution < -0.4 is 5.32 Å². The van der Waals surface area contributed by atoms with Gasteiger partial charge in [-0.2, -0.15) is 0 Å². The average Bonchev–Trinajstić information content (AvgIpc) is 2.40. The standard InChI is InChI=1S/C12H15NO4/c14-7-9-3-1-2-4-10(9)13-12(15)11-8-16-5-6-17-11/h1-4,11,14H,5-8H2,(H,13,15). The molecule has 5 heteroatoms. The van der Waals surface area contributed by atoms with Crippen LogP contribution >= 0.6 is 0 Å². The molecule has 0 saturated carbocycles. The fourth-order valence-electron chi connectivity index (χ4n) is 1.63. The zero-order chi connectivity index (χ0) is 12.1. The third-order valence-electron chi connectivity index (χ3n) is 2.55. The molecule has 17 heavy (non-hydrogen) atoms. The number of benzene rings is 1. The number of aliphatic hydroxyl groups is 1. The van der Waals surface area contributed by atoms with Crippen LogP contribution in [0.5, 0.6) is 0 Å². The Kier molecular flexibility index (Phi) is 4.08. The summed E-state index contributed by atoms with van der Waals surface area (Å²) in [7, 11) is 0. The van der Waals surface area contributed by atoms with Crippen LogP contribution in [0, 0.1) is 0 Å². The van der Waals surface area contributed by atoms with Crippen molar-refractivity contribution in [2.45, 2.75) is 12.7 Å². The van der Waals surface area contributed by atoms with Crippen molar-refractivity contribution in [3.63, 3.8) is 0 Å². The van der Waals surface area contributed by atoms with E-state index in [0.29, 0.717) is 24.5 Å². The summed E-state index contributed by atoms with van der Waals surface area (Å²) in [5, 5.41) is 11.9. The molecule has 2 rings (SSSR count). The molecule has 92 valence electrons. The number of amides is 1. The van der Waals surface area contributed by atoms with Crippen molar-refractivity contribution in [1.29, 1.82) is 0 Å². The van der Waals surface area contributed by atoms with Crippen molar-refractivity contribution < 1.29 is 19.4 Å². The van der Waals surface area contributed by atoms with Gasteiger partial charge >= 0.3 is 0 Å². The van der Waals surface area contributed by atoms with Crippen molar-refractivity contribution in [3.8, 4) is 0 Å². The first-order valence-corrected chi connectivity index (χ1v) is 5.50. The zero-order valence-corrected chi connectivity index (χ0v) is 9.39. The van der Waals surface area contributed by atoms with Crippen LogP contribution in [-0.2, 0) is 20.9 Å². The highest BCUT2D eigenvalue weighted by molar-refractivity contribution is 5.95. The van der Waals surface area contributed by atoms with Gasteiger partial charge in [0.05, 0.1) is 26.4 Å². The molecule has 1 aliphatic rings. The Morgan fingerprint density at radius 2 is 2.24 bits per heavy atom. The second-order valence-corrected chi connectivity index (χ2v) is 3.74. The van der Waals surface area contributed by atoms with Crippen molar-refractivity contribution in [3.05, 3.63) is 29.8 Å². The molecular weight excluding hydrogens is 222 g/mol. The van der Waals surface area contributed by atoms with Gasteiger partial charge in [-0.1, -0.05) is 18.2 Å². The molecule has 1 heterocycles. The summed E-state index contributed by atoms with van der Waals surface area (Å²) in [5.74, 6) is -0.245. The van der Waals surface area contributed by atoms with E-state index in [-0.39, 0.29) is 19.1 Å². The normalized spacial score (nSPS) is 19.9. The molecule has 1 aromatic rings. The lowest BCUT2D eigenvalue weighted by atomic mass is 10.2. The van der Waals surface area contributed by atoms with E-state index in [4.69, 9.17) is 14.6 Å². The van der Waals surface area contributed by atoms with E-state index in [1.807, 2.05) is 0 Å². The first-order chi connectivity index (χ1) is 8.31. The summed E-state index contributed by atoms with van der Waals surface area (Å²) in [6.45, 7) is 1.11. The van der Waals surface area contributed by atoms with E-state index in [9.17, 15) is 4.79 Å². The van der Waals surface area contributed by atoms with E-state index in [1.54, 1.807) is 24.3 Å². The van der Waals surface area contributed by atoms with Crippen LogP contribution in [0.1, 0.15) is 5.56 Å². The average molecular weight is 237 g/mol. The maximum atomic E-state index is 11.8. The van der Waals surface area contributed by atoms with E-state index >= 15 is 0 Å². The molecule has 1 unspecified atom stereocenters. The third-order valence-corrected chi connectivity index (χ3v) is 2.55. The van der Waals surface area contributed by atoms with Gasteiger partial charge in [0.2, 0.25) is 0 Å². The topological polar surface area (TPSA) is 67.8 Å². The predicted molar refractivity (Wildman–Crippen MR) is 61.6 cm³/mol. The van der Waals surface area contributed by atoms with Gasteiger partial charge in [-0.25, -0.2) is 0 Å². The Balaban J connectivity index is 2.01. The minimum Gasteiger partial charge on any atom is -0.392 e. The number of nitrogens with one attached hydrogen (secondary N) is 1. The molecule has 1 fully saturated rings. The lowest BCUT2D eigenvalue weighted by Gasteiger charge is -2.22. The van der Waals surface area contributed by atoms with E-state index in [1.165, 1.54) is 0 Å². The molecule has 0 radical (unpaired) electrons. The highest BCUT2D eigenvalue weighted by Gasteiger charge is 2.23. The number of hydrogen-bond acceptors (Lipinski definition) is 4. The van der Waals surface area contributed by atoms with Gasteiger partial charge in [-0.05, 0) is 6.07 Å². The van der Waals surface area contributed by atoms with Crippen LogP contribution in [0.15, 0.2) is 24.3 Å². The smallest absolute Gasteiger partial charge is 0.255 e. The lowest BCUT2D eigenvalue weighted by Crippen LogP contribution is -2.39. The van der Waals surface area contributed by atoms with Gasteiger partial charge in [0.15, 0.2) is 6.10 Å². The Morgan fingerprint density at radius 1 is 1.41 bits per heavy atom. The maximum absolute atomic E-state index is 11.8. The van der Waals surface area contributed by atoms with Gasteiger partial charge in [0.1, 0.15) is 0 Å². The maximum Gasteiger partial charge on any atom is 0.255 e. The van der Waals surface area contributed by atoms with Crippen LogP contribution in [0.25, 0.3) is 0 Å². The monoisotopic (exact) mass is 237 g/mol. The number of anilines is 1. The Labute approximate surface area is 99.3 Å². The van der Waals surface area contributed by atoms with Crippen molar-refractivity contribution >= 4 is 11.6 Å². The summed E-state index contributed by atoms with van der Waals surface area (Å²) < 4.78 is 10.4. The van der Waals surface area contributed by atoms with Crippen molar-refractivity contribution in [2.75, 3.05) is 25.1 Å². The molecule has 2 N–H and O–H groups in total. The molecule has 0 bridgehead atoms. The summed E-state index contributed by atoms with van der Waals surface area (Å²) in [6, 6.07) is 7.11. The van der Waals surface area contributed by atoms with Crippen LogP contribution in [0.2, 0.25) is 0 Å². The molecular formula is C12H15NO4. The van der Waals surface area contributed by atoms with Gasteiger partial charge < -0.3 is 19.9 Å². The predicted octanol–water partition coefficient (Wildman–Crippen LogP) is 0.533. The molecule has 5 nitrogen and oxygen atoms in total. The van der Waals surface area contributed by atoms with E-state index < -0.39 is 6.10 Å². The summed E-state index contributed by atoms with van der Waals surface area (Å²) >= 11 is 0. The van der Waals surface area contributed by atoms with Gasteiger partial charge in [0, 0.05) is 11.3 Å². The first-order valence-electron chi connectivity index (χ1n) is 5.50. The quantitative estimate of drug-likeness (QED) is 0.804. The Bertz CT molecular complexity index is 388. The fraction of sp³-hybridized carbons (Fsp3) is 0.417. The minimum atomic E-state index is -0.574. The van der Waals surface area contributed by atoms with Gasteiger partial charge in [-0.15, -0.1) is 0 Å². The van der Waals surface area contributed by atoms with Crippen LogP contribution in [0.3, 0.4) is 0 Å². The molecule has 1 atom stereocenters. The van der Waals surface area contributed by atoms with Crippen LogP contribution in [-0.4, -0.2) is 36.9 Å². The molecule has 1 amide bonds. The number of hydrogen-bond donors (Lipinski definition) is 2. The van der Waals surface area contributed by atoms with E-state index in [0.717, 1.165) is 0 Å². The number of rotatable bonds is 3. The van der Waals surface area contributed by atoms with Gasteiger partial charge in [-0.3, -0.25) is 4.79 Å². The Morgan fingerprint density at radius 3 is 2.94 bits per heavy atom. The van der Waals surface area contributed by atoms with E-state index in [2.05, 4.69) is 5.32 Å². The summed E-state index contributed by atoms with van der Waals surface area (Å²) in [5.41, 5.74) is 1.28. The van der Waals surface area contributed by atoms with Crippen molar-refractivity contribution in [1.82, 2.24) is 0 Å². The highest BCUT2D eigenvalue weighted by atomic mass is 16.6. The summed E-state index contributed by atoms with van der Waals surface area (Å²) in [6.07, 6.45) is -0.574. The molecule has 1 saturated heterocycles.